The maximum absolute atomic E-state index is 12.1. The van der Waals surface area contributed by atoms with E-state index in [0.717, 1.165) is 5.56 Å². The summed E-state index contributed by atoms with van der Waals surface area (Å²) in [6, 6.07) is 11.4. The average molecular weight is 333 g/mol. The van der Waals surface area contributed by atoms with Gasteiger partial charge in [0.25, 0.3) is 0 Å². The average Bonchev–Trinajstić information content (AvgIpc) is 2.49. The minimum absolute atomic E-state index is 0.296. The van der Waals surface area contributed by atoms with Crippen LogP contribution in [0.2, 0.25) is 5.02 Å². The highest BCUT2D eigenvalue weighted by Gasteiger charge is 2.11. The Morgan fingerprint density at radius 2 is 1.91 bits per heavy atom. The molecule has 23 heavy (non-hydrogen) atoms. The van der Waals surface area contributed by atoms with Gasteiger partial charge in [0.1, 0.15) is 0 Å². The van der Waals surface area contributed by atoms with Crippen molar-refractivity contribution in [3.05, 3.63) is 58.6 Å². The maximum Gasteiger partial charge on any atom is 0.338 e. The molecule has 5 nitrogen and oxygen atoms in total. The molecule has 2 rings (SSSR count). The molecule has 0 aromatic heterocycles. The molecule has 2 N–H and O–H groups in total. The van der Waals surface area contributed by atoms with Crippen LogP contribution in [0.4, 0.5) is 16.2 Å². The molecule has 0 aliphatic heterocycles. The molecule has 0 heterocycles. The highest BCUT2D eigenvalue weighted by molar-refractivity contribution is 6.30. The minimum Gasteiger partial charge on any atom is -0.462 e. The van der Waals surface area contributed by atoms with Gasteiger partial charge in [-0.3, -0.25) is 0 Å². The Kier molecular flexibility index (Phi) is 5.60. The number of hydrogen-bond donors (Lipinski definition) is 2. The topological polar surface area (TPSA) is 67.4 Å². The Bertz CT molecular complexity index is 732. The van der Waals surface area contributed by atoms with Crippen molar-refractivity contribution in [3.63, 3.8) is 0 Å². The number of amides is 2. The Labute approximate surface area is 139 Å². The summed E-state index contributed by atoms with van der Waals surface area (Å²) in [4.78, 5) is 23.8. The van der Waals surface area contributed by atoms with E-state index in [9.17, 15) is 9.59 Å². The molecular weight excluding hydrogens is 316 g/mol. The summed E-state index contributed by atoms with van der Waals surface area (Å²) in [5.74, 6) is -0.425. The number of benzene rings is 2. The number of nitrogens with one attached hydrogen (secondary N) is 2. The zero-order chi connectivity index (χ0) is 16.8. The van der Waals surface area contributed by atoms with Crippen LogP contribution in [0.3, 0.4) is 0 Å². The standard InChI is InChI=1S/C17H17ClN2O3/c1-3-23-16(21)12-8-7-11(2)15(9-12)20-17(22)19-14-6-4-5-13(18)10-14/h4-10H,3H2,1-2H3,(H2,19,20,22). The van der Waals surface area contributed by atoms with Crippen molar-refractivity contribution in [2.75, 3.05) is 17.2 Å². The number of esters is 1. The van der Waals surface area contributed by atoms with Crippen LogP contribution in [0.1, 0.15) is 22.8 Å². The molecule has 2 amide bonds. The Morgan fingerprint density at radius 1 is 1.13 bits per heavy atom. The van der Waals surface area contributed by atoms with Gasteiger partial charge in [0, 0.05) is 16.4 Å². The number of carbonyl (C=O) groups is 2. The van der Waals surface area contributed by atoms with Gasteiger partial charge in [-0.2, -0.15) is 0 Å². The van der Waals surface area contributed by atoms with E-state index in [1.165, 1.54) is 0 Å². The normalized spacial score (nSPS) is 10.0. The van der Waals surface area contributed by atoms with Gasteiger partial charge in [0.15, 0.2) is 0 Å². The molecule has 2 aromatic carbocycles. The van der Waals surface area contributed by atoms with E-state index in [-0.39, 0.29) is 0 Å². The number of halogens is 1. The first-order valence-electron chi connectivity index (χ1n) is 7.11. The number of anilines is 2. The molecule has 0 atom stereocenters. The molecule has 2 aromatic rings. The lowest BCUT2D eigenvalue weighted by molar-refractivity contribution is 0.0526. The van der Waals surface area contributed by atoms with Crippen LogP contribution in [-0.4, -0.2) is 18.6 Å². The Hall–Kier alpha value is -2.53. The molecule has 0 saturated carbocycles. The van der Waals surface area contributed by atoms with Crippen molar-refractivity contribution in [3.8, 4) is 0 Å². The Balaban J connectivity index is 2.11. The van der Waals surface area contributed by atoms with Gasteiger partial charge < -0.3 is 15.4 Å². The van der Waals surface area contributed by atoms with E-state index < -0.39 is 12.0 Å². The van der Waals surface area contributed by atoms with Crippen molar-refractivity contribution in [2.24, 2.45) is 0 Å². The SMILES string of the molecule is CCOC(=O)c1ccc(C)c(NC(=O)Nc2cccc(Cl)c2)c1. The second-order valence-electron chi connectivity index (χ2n) is 4.84. The van der Waals surface area contributed by atoms with Gasteiger partial charge in [-0.1, -0.05) is 23.7 Å². The molecule has 120 valence electrons. The molecule has 0 saturated heterocycles. The van der Waals surface area contributed by atoms with Gasteiger partial charge in [0.2, 0.25) is 0 Å². The molecule has 6 heteroatoms. The molecule has 0 spiro atoms. The largest absolute Gasteiger partial charge is 0.462 e. The van der Waals surface area contributed by atoms with Crippen LogP contribution in [0.5, 0.6) is 0 Å². The van der Waals surface area contributed by atoms with Gasteiger partial charge in [-0.15, -0.1) is 0 Å². The second-order valence-corrected chi connectivity index (χ2v) is 5.28. The summed E-state index contributed by atoms with van der Waals surface area (Å²) < 4.78 is 4.95. The van der Waals surface area contributed by atoms with E-state index in [0.29, 0.717) is 28.6 Å². The monoisotopic (exact) mass is 332 g/mol. The van der Waals surface area contributed by atoms with Gasteiger partial charge in [0.05, 0.1) is 12.2 Å². The maximum atomic E-state index is 12.1. The lowest BCUT2D eigenvalue weighted by atomic mass is 10.1. The fourth-order valence-electron chi connectivity index (χ4n) is 1.95. The second kappa shape index (κ2) is 7.65. The summed E-state index contributed by atoms with van der Waals surface area (Å²) in [7, 11) is 0. The summed E-state index contributed by atoms with van der Waals surface area (Å²) >= 11 is 5.88. The quantitative estimate of drug-likeness (QED) is 0.812. The fourth-order valence-corrected chi connectivity index (χ4v) is 2.14. The summed E-state index contributed by atoms with van der Waals surface area (Å²) in [5.41, 5.74) is 2.33. The zero-order valence-electron chi connectivity index (χ0n) is 12.9. The van der Waals surface area contributed by atoms with Crippen molar-refractivity contribution in [1.82, 2.24) is 0 Å². The first kappa shape index (κ1) is 16.8. The molecule has 0 unspecified atom stereocenters. The Morgan fingerprint density at radius 3 is 2.61 bits per heavy atom. The number of aryl methyl sites for hydroxylation is 1. The third-order valence-electron chi connectivity index (χ3n) is 3.08. The summed E-state index contributed by atoms with van der Waals surface area (Å²) in [6.45, 7) is 3.87. The highest BCUT2D eigenvalue weighted by atomic mass is 35.5. The third-order valence-corrected chi connectivity index (χ3v) is 3.31. The van der Waals surface area contributed by atoms with E-state index in [1.54, 1.807) is 49.4 Å². The fraction of sp³-hybridized carbons (Fsp3) is 0.176. The van der Waals surface area contributed by atoms with Crippen molar-refractivity contribution in [1.29, 1.82) is 0 Å². The van der Waals surface area contributed by atoms with Crippen LogP contribution in [0, 0.1) is 6.92 Å². The van der Waals surface area contributed by atoms with Gasteiger partial charge >= 0.3 is 12.0 Å². The summed E-state index contributed by atoms with van der Waals surface area (Å²) in [5, 5.41) is 5.93. The van der Waals surface area contributed by atoms with E-state index in [2.05, 4.69) is 10.6 Å². The van der Waals surface area contributed by atoms with Crippen molar-refractivity contribution in [2.45, 2.75) is 13.8 Å². The number of ether oxygens (including phenoxy) is 1. The highest BCUT2D eigenvalue weighted by Crippen LogP contribution is 2.19. The minimum atomic E-state index is -0.425. The number of hydrogen-bond acceptors (Lipinski definition) is 3. The lowest BCUT2D eigenvalue weighted by Crippen LogP contribution is -2.20. The smallest absolute Gasteiger partial charge is 0.338 e. The van der Waals surface area contributed by atoms with E-state index >= 15 is 0 Å². The molecule has 0 aliphatic rings. The van der Waals surface area contributed by atoms with E-state index in [1.807, 2.05) is 6.92 Å². The molecule has 0 bridgehead atoms. The van der Waals surface area contributed by atoms with Crippen molar-refractivity contribution >= 4 is 35.0 Å². The van der Waals surface area contributed by atoms with Crippen LogP contribution in [-0.2, 0) is 4.74 Å². The molecule has 0 fully saturated rings. The predicted octanol–water partition coefficient (Wildman–Crippen LogP) is 4.47. The molecule has 0 radical (unpaired) electrons. The first-order chi connectivity index (χ1) is 11.0. The molecular formula is C17H17ClN2O3. The van der Waals surface area contributed by atoms with Gasteiger partial charge in [-0.25, -0.2) is 9.59 Å². The van der Waals surface area contributed by atoms with Gasteiger partial charge in [-0.05, 0) is 49.7 Å². The van der Waals surface area contributed by atoms with Crippen LogP contribution < -0.4 is 10.6 Å². The van der Waals surface area contributed by atoms with Crippen LogP contribution >= 0.6 is 11.6 Å². The number of rotatable bonds is 4. The zero-order valence-corrected chi connectivity index (χ0v) is 13.6. The van der Waals surface area contributed by atoms with Crippen LogP contribution in [0.15, 0.2) is 42.5 Å². The lowest BCUT2D eigenvalue weighted by Gasteiger charge is -2.11. The van der Waals surface area contributed by atoms with Crippen LogP contribution in [0.25, 0.3) is 0 Å². The summed E-state index contributed by atoms with van der Waals surface area (Å²) in [6.07, 6.45) is 0. The predicted molar refractivity (Wildman–Crippen MR) is 91.2 cm³/mol. The third kappa shape index (κ3) is 4.72. The van der Waals surface area contributed by atoms with E-state index in [4.69, 9.17) is 16.3 Å². The molecule has 0 aliphatic carbocycles. The van der Waals surface area contributed by atoms with Crippen molar-refractivity contribution < 1.29 is 14.3 Å². The number of carbonyl (C=O) groups excluding carboxylic acids is 2. The first-order valence-corrected chi connectivity index (χ1v) is 7.48. The number of urea groups is 1.